The number of amides is 3. The molecule has 3 amide bonds. The summed E-state index contributed by atoms with van der Waals surface area (Å²) in [6.07, 6.45) is 3.03. The van der Waals surface area contributed by atoms with Gasteiger partial charge in [-0.15, -0.1) is 0 Å². The number of aromatic nitrogens is 1. The Labute approximate surface area is 185 Å². The predicted octanol–water partition coefficient (Wildman–Crippen LogP) is 1.94. The van der Waals surface area contributed by atoms with Crippen LogP contribution in [0, 0.1) is 0 Å². The third kappa shape index (κ3) is 4.96. The second kappa shape index (κ2) is 9.34. The Balaban J connectivity index is 1.24. The normalized spacial score (nSPS) is 16.5. The maximum Gasteiger partial charge on any atom is 0.251 e. The van der Waals surface area contributed by atoms with Crippen LogP contribution in [0.25, 0.3) is 0 Å². The second-order valence-corrected chi connectivity index (χ2v) is 8.02. The van der Waals surface area contributed by atoms with Gasteiger partial charge in [0.1, 0.15) is 5.82 Å². The molecular weight excluding hydrogens is 418 g/mol. The third-order valence-corrected chi connectivity index (χ3v) is 5.81. The number of benzene rings is 1. The lowest BCUT2D eigenvalue weighted by Crippen LogP contribution is -2.51. The maximum atomic E-state index is 12.5. The van der Waals surface area contributed by atoms with E-state index >= 15 is 0 Å². The molecule has 3 heterocycles. The Morgan fingerprint density at radius 1 is 1.00 bits per heavy atom. The minimum atomic E-state index is -0.309. The number of rotatable bonds is 5. The standard InChI is InChI=1S/C22H24ClN5O3/c23-17-5-8-19(24-14-17)26-10-12-27(13-11-26)21(30)15-25-22(31)16-3-6-18(7-4-16)28-9-1-2-20(28)29/h3-8,14H,1-2,9-13,15H2,(H,25,31). The summed E-state index contributed by atoms with van der Waals surface area (Å²) in [6.45, 7) is 3.13. The molecule has 162 valence electrons. The highest BCUT2D eigenvalue weighted by molar-refractivity contribution is 6.30. The van der Waals surface area contributed by atoms with Gasteiger partial charge in [-0.05, 0) is 42.8 Å². The van der Waals surface area contributed by atoms with Crippen molar-refractivity contribution >= 4 is 40.8 Å². The molecule has 0 spiro atoms. The van der Waals surface area contributed by atoms with E-state index in [1.165, 1.54) is 0 Å². The number of carbonyl (C=O) groups is 3. The van der Waals surface area contributed by atoms with E-state index in [1.807, 2.05) is 6.07 Å². The van der Waals surface area contributed by atoms with Crippen molar-refractivity contribution in [1.82, 2.24) is 15.2 Å². The average molecular weight is 442 g/mol. The van der Waals surface area contributed by atoms with Gasteiger partial charge < -0.3 is 20.0 Å². The molecular formula is C22H24ClN5O3. The molecule has 8 nitrogen and oxygen atoms in total. The molecule has 2 saturated heterocycles. The monoisotopic (exact) mass is 441 g/mol. The van der Waals surface area contributed by atoms with Crippen LogP contribution < -0.4 is 15.1 Å². The SMILES string of the molecule is O=C(NCC(=O)N1CCN(c2ccc(Cl)cn2)CC1)c1ccc(N2CCCC2=O)cc1. The number of hydrogen-bond donors (Lipinski definition) is 1. The van der Waals surface area contributed by atoms with E-state index in [-0.39, 0.29) is 24.3 Å². The van der Waals surface area contributed by atoms with Crippen LogP contribution >= 0.6 is 11.6 Å². The fourth-order valence-electron chi connectivity index (χ4n) is 3.82. The van der Waals surface area contributed by atoms with Gasteiger partial charge in [-0.25, -0.2) is 4.98 Å². The first kappa shape index (κ1) is 21.1. The number of piperazine rings is 1. The van der Waals surface area contributed by atoms with Crippen LogP contribution in [0.1, 0.15) is 23.2 Å². The van der Waals surface area contributed by atoms with Crippen LogP contribution in [0.15, 0.2) is 42.6 Å². The molecule has 2 aliphatic heterocycles. The molecule has 0 atom stereocenters. The van der Waals surface area contributed by atoms with Crippen molar-refractivity contribution in [3.63, 3.8) is 0 Å². The lowest BCUT2D eigenvalue weighted by molar-refractivity contribution is -0.130. The molecule has 0 saturated carbocycles. The van der Waals surface area contributed by atoms with E-state index < -0.39 is 0 Å². The van der Waals surface area contributed by atoms with Crippen molar-refractivity contribution in [2.45, 2.75) is 12.8 Å². The van der Waals surface area contributed by atoms with E-state index in [0.29, 0.717) is 49.7 Å². The van der Waals surface area contributed by atoms with Crippen LogP contribution in [-0.2, 0) is 9.59 Å². The molecule has 0 aliphatic carbocycles. The summed E-state index contributed by atoms with van der Waals surface area (Å²) in [7, 11) is 0. The first-order valence-corrected chi connectivity index (χ1v) is 10.7. The molecule has 1 aromatic carbocycles. The molecule has 0 bridgehead atoms. The minimum Gasteiger partial charge on any atom is -0.353 e. The summed E-state index contributed by atoms with van der Waals surface area (Å²) in [6, 6.07) is 10.6. The Bertz CT molecular complexity index is 956. The van der Waals surface area contributed by atoms with Gasteiger partial charge in [-0.1, -0.05) is 11.6 Å². The van der Waals surface area contributed by atoms with E-state index in [2.05, 4.69) is 15.2 Å². The number of nitrogens with zero attached hydrogens (tertiary/aromatic N) is 4. The Morgan fingerprint density at radius 2 is 1.74 bits per heavy atom. The van der Waals surface area contributed by atoms with Crippen molar-refractivity contribution in [3.8, 4) is 0 Å². The maximum absolute atomic E-state index is 12.5. The zero-order chi connectivity index (χ0) is 21.8. The smallest absolute Gasteiger partial charge is 0.251 e. The lowest BCUT2D eigenvalue weighted by Gasteiger charge is -2.35. The van der Waals surface area contributed by atoms with Crippen LogP contribution in [0.2, 0.25) is 5.02 Å². The lowest BCUT2D eigenvalue weighted by atomic mass is 10.2. The van der Waals surface area contributed by atoms with Gasteiger partial charge in [0, 0.05) is 56.6 Å². The summed E-state index contributed by atoms with van der Waals surface area (Å²) >= 11 is 5.88. The molecule has 31 heavy (non-hydrogen) atoms. The molecule has 9 heteroatoms. The van der Waals surface area contributed by atoms with Gasteiger partial charge in [0.25, 0.3) is 5.91 Å². The number of carbonyl (C=O) groups excluding carboxylic acids is 3. The van der Waals surface area contributed by atoms with Crippen molar-refractivity contribution in [1.29, 1.82) is 0 Å². The summed E-state index contributed by atoms with van der Waals surface area (Å²) in [5.41, 5.74) is 1.25. The topological polar surface area (TPSA) is 85.8 Å². The van der Waals surface area contributed by atoms with Gasteiger partial charge in [-0.3, -0.25) is 14.4 Å². The molecule has 1 N–H and O–H groups in total. The van der Waals surface area contributed by atoms with Gasteiger partial charge in [0.15, 0.2) is 0 Å². The first-order valence-electron chi connectivity index (χ1n) is 10.3. The number of pyridine rings is 1. The second-order valence-electron chi connectivity index (χ2n) is 7.58. The molecule has 2 fully saturated rings. The van der Waals surface area contributed by atoms with Crippen LogP contribution in [0.4, 0.5) is 11.5 Å². The highest BCUT2D eigenvalue weighted by Crippen LogP contribution is 2.21. The van der Waals surface area contributed by atoms with E-state index in [0.717, 1.165) is 17.9 Å². The number of hydrogen-bond acceptors (Lipinski definition) is 5. The highest BCUT2D eigenvalue weighted by atomic mass is 35.5. The van der Waals surface area contributed by atoms with Crippen molar-refractivity contribution < 1.29 is 14.4 Å². The average Bonchev–Trinajstić information content (AvgIpc) is 3.24. The zero-order valence-corrected chi connectivity index (χ0v) is 17.8. The highest BCUT2D eigenvalue weighted by Gasteiger charge is 2.23. The van der Waals surface area contributed by atoms with Crippen molar-refractivity contribution in [2.75, 3.05) is 49.1 Å². The number of nitrogens with one attached hydrogen (secondary N) is 1. The van der Waals surface area contributed by atoms with Gasteiger partial charge in [0.05, 0.1) is 11.6 Å². The van der Waals surface area contributed by atoms with Gasteiger partial charge >= 0.3 is 0 Å². The van der Waals surface area contributed by atoms with E-state index in [9.17, 15) is 14.4 Å². The number of anilines is 2. The summed E-state index contributed by atoms with van der Waals surface area (Å²) < 4.78 is 0. The van der Waals surface area contributed by atoms with Gasteiger partial charge in [-0.2, -0.15) is 0 Å². The summed E-state index contributed by atoms with van der Waals surface area (Å²) in [5.74, 6) is 0.520. The summed E-state index contributed by atoms with van der Waals surface area (Å²) in [5, 5.41) is 3.28. The predicted molar refractivity (Wildman–Crippen MR) is 118 cm³/mol. The van der Waals surface area contributed by atoms with Crippen molar-refractivity contribution in [3.05, 3.63) is 53.2 Å². The number of halogens is 1. The van der Waals surface area contributed by atoms with Crippen LogP contribution in [0.5, 0.6) is 0 Å². The summed E-state index contributed by atoms with van der Waals surface area (Å²) in [4.78, 5) is 46.6. The molecule has 4 rings (SSSR count). The Morgan fingerprint density at radius 3 is 2.35 bits per heavy atom. The van der Waals surface area contributed by atoms with Gasteiger partial charge in [0.2, 0.25) is 11.8 Å². The Kier molecular flexibility index (Phi) is 6.36. The van der Waals surface area contributed by atoms with Crippen molar-refractivity contribution in [2.24, 2.45) is 0 Å². The Hall–Kier alpha value is -3.13. The first-order chi connectivity index (χ1) is 15.0. The third-order valence-electron chi connectivity index (χ3n) is 5.58. The quantitative estimate of drug-likeness (QED) is 0.766. The molecule has 2 aliphatic rings. The largest absolute Gasteiger partial charge is 0.353 e. The minimum absolute atomic E-state index is 0.0512. The molecule has 0 radical (unpaired) electrons. The zero-order valence-electron chi connectivity index (χ0n) is 17.1. The molecule has 2 aromatic rings. The van der Waals surface area contributed by atoms with E-state index in [1.54, 1.807) is 46.3 Å². The van der Waals surface area contributed by atoms with Crippen LogP contribution in [-0.4, -0.2) is 66.9 Å². The van der Waals surface area contributed by atoms with Crippen LogP contribution in [0.3, 0.4) is 0 Å². The fraction of sp³-hybridized carbons (Fsp3) is 0.364. The molecule has 0 unspecified atom stereocenters. The molecule has 1 aromatic heterocycles. The fourth-order valence-corrected chi connectivity index (χ4v) is 3.94. The van der Waals surface area contributed by atoms with E-state index in [4.69, 9.17) is 11.6 Å².